The summed E-state index contributed by atoms with van der Waals surface area (Å²) in [4.78, 5) is 12.3. The number of anilines is 1. The van der Waals surface area contributed by atoms with Crippen molar-refractivity contribution in [2.45, 2.75) is 20.3 Å². The van der Waals surface area contributed by atoms with Crippen LogP contribution in [0.5, 0.6) is 5.75 Å². The van der Waals surface area contributed by atoms with E-state index in [-0.39, 0.29) is 12.3 Å². The summed E-state index contributed by atoms with van der Waals surface area (Å²) >= 11 is 0. The van der Waals surface area contributed by atoms with Crippen LogP contribution in [-0.4, -0.2) is 17.7 Å². The summed E-state index contributed by atoms with van der Waals surface area (Å²) in [5.74, 6) is 0.998. The minimum Gasteiger partial charge on any atom is -0.494 e. The highest BCUT2D eigenvalue weighted by atomic mass is 16.5. The molecule has 0 radical (unpaired) electrons. The number of hydrogen-bond acceptors (Lipinski definition) is 4. The van der Waals surface area contributed by atoms with E-state index in [1.165, 1.54) is 5.56 Å². The summed E-state index contributed by atoms with van der Waals surface area (Å²) in [6.07, 6.45) is 1.86. The van der Waals surface area contributed by atoms with E-state index in [9.17, 15) is 4.79 Å². The zero-order chi connectivity index (χ0) is 17.6. The van der Waals surface area contributed by atoms with Crippen LogP contribution in [0.2, 0.25) is 0 Å². The number of nitrogens with one attached hydrogen (secondary N) is 1. The van der Waals surface area contributed by atoms with Crippen LogP contribution in [0.15, 0.2) is 59.3 Å². The van der Waals surface area contributed by atoms with Crippen molar-refractivity contribution in [1.29, 1.82) is 0 Å². The van der Waals surface area contributed by atoms with Crippen LogP contribution in [0, 0.1) is 6.92 Å². The lowest BCUT2D eigenvalue weighted by molar-refractivity contribution is -0.115. The molecule has 0 aliphatic heterocycles. The van der Waals surface area contributed by atoms with Crippen molar-refractivity contribution < 1.29 is 14.1 Å². The fraction of sp³-hybridized carbons (Fsp3) is 0.200. The first-order valence-corrected chi connectivity index (χ1v) is 8.19. The highest BCUT2D eigenvalue weighted by Gasteiger charge is 2.14. The number of rotatable bonds is 6. The minimum atomic E-state index is -0.158. The molecule has 2 aromatic carbocycles. The van der Waals surface area contributed by atoms with Gasteiger partial charge in [-0.3, -0.25) is 10.1 Å². The van der Waals surface area contributed by atoms with Gasteiger partial charge in [0.15, 0.2) is 0 Å². The van der Waals surface area contributed by atoms with E-state index in [0.29, 0.717) is 12.5 Å². The predicted octanol–water partition coefficient (Wildman–Crippen LogP) is 4.23. The number of ether oxygens (including phenoxy) is 1. The van der Waals surface area contributed by atoms with Crippen LogP contribution in [0.3, 0.4) is 0 Å². The predicted molar refractivity (Wildman–Crippen MR) is 96.6 cm³/mol. The third-order valence-corrected chi connectivity index (χ3v) is 3.78. The van der Waals surface area contributed by atoms with Crippen molar-refractivity contribution in [2.24, 2.45) is 0 Å². The molecule has 0 fully saturated rings. The van der Waals surface area contributed by atoms with Gasteiger partial charge in [0.1, 0.15) is 5.75 Å². The molecule has 1 aromatic heterocycles. The second-order valence-electron chi connectivity index (χ2n) is 5.74. The highest BCUT2D eigenvalue weighted by molar-refractivity contribution is 5.94. The van der Waals surface area contributed by atoms with Gasteiger partial charge in [-0.05, 0) is 37.1 Å². The van der Waals surface area contributed by atoms with Gasteiger partial charge in [0, 0.05) is 0 Å². The number of hydrogen-bond donors (Lipinski definition) is 1. The Balaban J connectivity index is 1.67. The van der Waals surface area contributed by atoms with Gasteiger partial charge < -0.3 is 9.26 Å². The fourth-order valence-electron chi connectivity index (χ4n) is 2.49. The molecule has 1 N–H and O–H groups in total. The minimum absolute atomic E-state index is 0.158. The first-order valence-electron chi connectivity index (χ1n) is 8.19. The van der Waals surface area contributed by atoms with Gasteiger partial charge in [0.2, 0.25) is 11.8 Å². The number of aryl methyl sites for hydroxylation is 1. The van der Waals surface area contributed by atoms with E-state index >= 15 is 0 Å². The Kier molecular flexibility index (Phi) is 5.14. The zero-order valence-corrected chi connectivity index (χ0v) is 14.3. The van der Waals surface area contributed by atoms with Crippen molar-refractivity contribution in [3.63, 3.8) is 0 Å². The maximum atomic E-state index is 12.3. The summed E-state index contributed by atoms with van der Waals surface area (Å²) < 4.78 is 10.6. The molecule has 0 atom stereocenters. The van der Waals surface area contributed by atoms with Crippen molar-refractivity contribution in [1.82, 2.24) is 5.16 Å². The van der Waals surface area contributed by atoms with E-state index in [2.05, 4.69) is 10.5 Å². The molecule has 1 heterocycles. The quantitative estimate of drug-likeness (QED) is 0.731. The molecule has 5 heteroatoms. The maximum Gasteiger partial charge on any atom is 0.239 e. The van der Waals surface area contributed by atoms with Crippen molar-refractivity contribution in [3.8, 4) is 16.9 Å². The largest absolute Gasteiger partial charge is 0.494 e. The number of carbonyl (C=O) groups is 1. The lowest BCUT2D eigenvalue weighted by Crippen LogP contribution is -2.14. The Morgan fingerprint density at radius 3 is 2.52 bits per heavy atom. The average Bonchev–Trinajstić information content (AvgIpc) is 3.05. The Hall–Kier alpha value is -3.08. The Morgan fingerprint density at radius 2 is 1.84 bits per heavy atom. The second-order valence-corrected chi connectivity index (χ2v) is 5.74. The number of benzene rings is 2. The number of amides is 1. The summed E-state index contributed by atoms with van der Waals surface area (Å²) in [5, 5.41) is 6.60. The highest BCUT2D eigenvalue weighted by Crippen LogP contribution is 2.28. The number of carbonyl (C=O) groups excluding carboxylic acids is 1. The van der Waals surface area contributed by atoms with Crippen LogP contribution in [0.1, 0.15) is 18.1 Å². The maximum absolute atomic E-state index is 12.3. The van der Waals surface area contributed by atoms with Crippen LogP contribution >= 0.6 is 0 Å². The van der Waals surface area contributed by atoms with Gasteiger partial charge in [-0.2, -0.15) is 0 Å². The van der Waals surface area contributed by atoms with E-state index in [4.69, 9.17) is 9.26 Å². The molecule has 0 saturated heterocycles. The third kappa shape index (κ3) is 4.26. The van der Waals surface area contributed by atoms with Gasteiger partial charge >= 0.3 is 0 Å². The van der Waals surface area contributed by atoms with Crippen LogP contribution < -0.4 is 10.1 Å². The molecule has 3 rings (SSSR count). The van der Waals surface area contributed by atoms with E-state index in [0.717, 1.165) is 22.4 Å². The Bertz CT molecular complexity index is 836. The molecule has 1 amide bonds. The molecule has 3 aromatic rings. The fourth-order valence-corrected chi connectivity index (χ4v) is 2.49. The Labute approximate surface area is 146 Å². The smallest absolute Gasteiger partial charge is 0.239 e. The van der Waals surface area contributed by atoms with Gasteiger partial charge in [-0.1, -0.05) is 47.1 Å². The standard InChI is InChI=1S/C20H20N2O3/c1-3-24-17-10-6-15(7-11-17)12-19(23)22-20-18(13-21-25-20)16-8-4-14(2)5-9-16/h4-11,13H,3,12H2,1-2H3,(H,22,23). The summed E-state index contributed by atoms with van der Waals surface area (Å²) in [7, 11) is 0. The average molecular weight is 336 g/mol. The number of nitrogens with zero attached hydrogens (tertiary/aromatic N) is 1. The topological polar surface area (TPSA) is 64.4 Å². The molecular formula is C20H20N2O3. The summed E-state index contributed by atoms with van der Waals surface area (Å²) in [5.41, 5.74) is 3.78. The summed E-state index contributed by atoms with van der Waals surface area (Å²) in [6.45, 7) is 4.58. The van der Waals surface area contributed by atoms with Crippen molar-refractivity contribution >= 4 is 11.8 Å². The molecule has 0 aliphatic carbocycles. The van der Waals surface area contributed by atoms with Gasteiger partial charge in [0.05, 0.1) is 24.8 Å². The first kappa shape index (κ1) is 16.8. The van der Waals surface area contributed by atoms with E-state index < -0.39 is 0 Å². The Morgan fingerprint density at radius 1 is 1.12 bits per heavy atom. The third-order valence-electron chi connectivity index (χ3n) is 3.78. The molecule has 0 saturated carbocycles. The van der Waals surface area contributed by atoms with Gasteiger partial charge in [0.25, 0.3) is 0 Å². The molecule has 5 nitrogen and oxygen atoms in total. The molecule has 0 spiro atoms. The monoisotopic (exact) mass is 336 g/mol. The number of aromatic nitrogens is 1. The second kappa shape index (κ2) is 7.66. The SMILES string of the molecule is CCOc1ccc(CC(=O)Nc2oncc2-c2ccc(C)cc2)cc1. The van der Waals surface area contributed by atoms with Crippen LogP contribution in [0.4, 0.5) is 5.88 Å². The lowest BCUT2D eigenvalue weighted by atomic mass is 10.1. The lowest BCUT2D eigenvalue weighted by Gasteiger charge is -2.06. The van der Waals surface area contributed by atoms with Gasteiger partial charge in [-0.15, -0.1) is 0 Å². The normalized spacial score (nSPS) is 10.5. The van der Waals surface area contributed by atoms with Gasteiger partial charge in [-0.25, -0.2) is 0 Å². The van der Waals surface area contributed by atoms with E-state index in [1.807, 2.05) is 62.4 Å². The first-order chi connectivity index (χ1) is 12.2. The van der Waals surface area contributed by atoms with Crippen LogP contribution in [0.25, 0.3) is 11.1 Å². The zero-order valence-electron chi connectivity index (χ0n) is 14.3. The molecule has 25 heavy (non-hydrogen) atoms. The van der Waals surface area contributed by atoms with Crippen molar-refractivity contribution in [3.05, 3.63) is 65.9 Å². The molecule has 0 unspecified atom stereocenters. The van der Waals surface area contributed by atoms with Crippen LogP contribution in [-0.2, 0) is 11.2 Å². The van der Waals surface area contributed by atoms with E-state index in [1.54, 1.807) is 6.20 Å². The molecule has 128 valence electrons. The summed E-state index contributed by atoms with van der Waals surface area (Å²) in [6, 6.07) is 15.4. The molecule has 0 aliphatic rings. The molecular weight excluding hydrogens is 316 g/mol. The molecule has 0 bridgehead atoms. The van der Waals surface area contributed by atoms with Crippen molar-refractivity contribution in [2.75, 3.05) is 11.9 Å².